The van der Waals surface area contributed by atoms with Crippen molar-refractivity contribution in [2.45, 2.75) is 94.4 Å². The van der Waals surface area contributed by atoms with Crippen molar-refractivity contribution in [3.63, 3.8) is 0 Å². The van der Waals surface area contributed by atoms with Crippen molar-refractivity contribution in [3.8, 4) is 23.0 Å². The third-order valence-corrected chi connectivity index (χ3v) is 12.2. The molecule has 1 saturated carbocycles. The molecule has 11 heteroatoms. The number of aliphatic hydroxyl groups excluding tert-OH is 2. The number of carbonyl (C=O) groups is 1. The van der Waals surface area contributed by atoms with Gasteiger partial charge < -0.3 is 38.7 Å². The van der Waals surface area contributed by atoms with Crippen LogP contribution in [-0.4, -0.2) is 78.8 Å². The van der Waals surface area contributed by atoms with Crippen LogP contribution in [0.5, 0.6) is 23.0 Å². The lowest BCUT2D eigenvalue weighted by molar-refractivity contribution is -0.223. The van der Waals surface area contributed by atoms with E-state index in [4.69, 9.17) is 33.7 Å². The smallest absolute Gasteiger partial charge is 0.230 e. The van der Waals surface area contributed by atoms with Crippen LogP contribution in [0.2, 0.25) is 0 Å². The molecule has 0 amide bonds. The number of aldehydes is 1. The molecule has 10 nitrogen and oxygen atoms in total. The number of hydrogen-bond donors (Lipinski definition) is 2. The molecule has 2 aliphatic heterocycles. The fraction of sp³-hybridized carbons (Fsp3) is 0.571. The first-order chi connectivity index (χ1) is 26.0. The number of thioether (sulfide) groups is 1. The van der Waals surface area contributed by atoms with Crippen molar-refractivity contribution in [1.29, 1.82) is 0 Å². The minimum atomic E-state index is -1.01. The number of nitrogens with zero attached hydrogens (tertiary/aromatic N) is 1. The number of rotatable bonds is 19. The van der Waals surface area contributed by atoms with Crippen LogP contribution < -0.4 is 14.2 Å². The van der Waals surface area contributed by atoms with E-state index in [2.05, 4.69) is 25.6 Å². The van der Waals surface area contributed by atoms with Crippen LogP contribution >= 0.6 is 11.8 Å². The molecule has 0 bridgehead atoms. The molecule has 53 heavy (non-hydrogen) atoms. The number of allylic oxidation sites excluding steroid dienone is 1. The Morgan fingerprint density at radius 3 is 2.57 bits per heavy atom. The minimum Gasteiger partial charge on any atom is -0.496 e. The SMILES string of the molecule is C=CCO[C@@]12Oc3ccc(Oc4ccc(OC)c(C=O)c4)cc3[C@H]3[C@H](CCCCO)[C@@H](CCCCO)C=C(C(=NOC4CCCCO4)C[C@@H]1SCC)[C@H]32. The quantitative estimate of drug-likeness (QED) is 0.0628. The molecule has 2 N–H and O–H groups in total. The summed E-state index contributed by atoms with van der Waals surface area (Å²) in [6, 6.07) is 11.2. The van der Waals surface area contributed by atoms with Gasteiger partial charge in [-0.25, -0.2) is 0 Å². The Balaban J connectivity index is 1.50. The lowest BCUT2D eigenvalue weighted by atomic mass is 9.56. The van der Waals surface area contributed by atoms with Gasteiger partial charge in [-0.05, 0) is 98.1 Å². The molecule has 4 aliphatic rings. The number of oxime groups is 1. The van der Waals surface area contributed by atoms with Gasteiger partial charge in [-0.1, -0.05) is 37.1 Å². The summed E-state index contributed by atoms with van der Waals surface area (Å²) in [5.74, 6) is 2.29. The zero-order valence-corrected chi connectivity index (χ0v) is 31.9. The molecular formula is C42H55NO9S. The summed E-state index contributed by atoms with van der Waals surface area (Å²) < 4.78 is 31.8. The average molecular weight is 750 g/mol. The number of fused-ring (bicyclic) bond motifs is 2. The molecule has 2 aliphatic carbocycles. The van der Waals surface area contributed by atoms with Crippen LogP contribution in [0, 0.1) is 17.8 Å². The van der Waals surface area contributed by atoms with Crippen molar-refractivity contribution >= 4 is 23.8 Å². The van der Waals surface area contributed by atoms with Crippen molar-refractivity contribution in [3.05, 3.63) is 71.8 Å². The summed E-state index contributed by atoms with van der Waals surface area (Å²) in [5, 5.41) is 24.4. The minimum absolute atomic E-state index is 0.0530. The standard InChI is InChI=1S/C42H55NO9S/c1-4-21-49-42-38(53-5-2)26-35(43-52-39-14-8-11-22-48-39)33-24-28(12-6-9-19-44)32(13-7-10-20-45)40(41(33)42)34-25-31(16-18-37(34)51-42)50-30-15-17-36(47-3)29(23-30)27-46/h4,15-18,23-25,27-28,32,38-41,44-45H,1,5-14,19-22,26H2,2-3H3/t28-,32+,38-,39?,40+,41+,42+/m0/s1. The van der Waals surface area contributed by atoms with Gasteiger partial charge in [-0.15, -0.1) is 6.58 Å². The molecule has 0 spiro atoms. The van der Waals surface area contributed by atoms with Gasteiger partial charge in [0.25, 0.3) is 0 Å². The highest BCUT2D eigenvalue weighted by molar-refractivity contribution is 8.00. The average Bonchev–Trinajstić information content (AvgIpc) is 3.18. The van der Waals surface area contributed by atoms with Gasteiger partial charge in [0.15, 0.2) is 6.29 Å². The van der Waals surface area contributed by atoms with E-state index < -0.39 is 5.79 Å². The van der Waals surface area contributed by atoms with E-state index in [1.807, 2.05) is 23.9 Å². The Morgan fingerprint density at radius 2 is 1.85 bits per heavy atom. The van der Waals surface area contributed by atoms with Gasteiger partial charge >= 0.3 is 0 Å². The first-order valence-corrected chi connectivity index (χ1v) is 20.3. The molecule has 2 fully saturated rings. The number of ether oxygens (including phenoxy) is 5. The van der Waals surface area contributed by atoms with Gasteiger partial charge in [0, 0.05) is 37.5 Å². The number of hydrogen-bond acceptors (Lipinski definition) is 11. The maximum absolute atomic E-state index is 11.8. The Hall–Kier alpha value is -3.35. The fourth-order valence-electron chi connectivity index (χ4n) is 8.66. The van der Waals surface area contributed by atoms with E-state index in [1.165, 1.54) is 7.11 Å². The summed E-state index contributed by atoms with van der Waals surface area (Å²) in [4.78, 5) is 18.0. The van der Waals surface area contributed by atoms with Crippen molar-refractivity contribution in [1.82, 2.24) is 0 Å². The maximum Gasteiger partial charge on any atom is 0.230 e. The number of aliphatic hydroxyl groups is 2. The molecule has 1 saturated heterocycles. The second kappa shape index (κ2) is 18.8. The van der Waals surface area contributed by atoms with E-state index in [1.54, 1.807) is 24.3 Å². The predicted octanol–water partition coefficient (Wildman–Crippen LogP) is 8.21. The topological polar surface area (TPSA) is 125 Å². The van der Waals surface area contributed by atoms with E-state index in [9.17, 15) is 15.0 Å². The second-order valence-electron chi connectivity index (χ2n) is 14.2. The molecule has 0 radical (unpaired) electrons. The molecule has 1 unspecified atom stereocenters. The highest BCUT2D eigenvalue weighted by atomic mass is 32.2. The third kappa shape index (κ3) is 8.65. The number of methoxy groups -OCH3 is 1. The van der Waals surface area contributed by atoms with Gasteiger partial charge in [-0.3, -0.25) is 4.79 Å². The first-order valence-electron chi connectivity index (χ1n) is 19.3. The summed E-state index contributed by atoms with van der Waals surface area (Å²) in [7, 11) is 1.53. The number of carbonyl (C=O) groups excluding carboxylic acids is 1. The lowest BCUT2D eigenvalue weighted by Gasteiger charge is -2.58. The van der Waals surface area contributed by atoms with Crippen LogP contribution in [0.1, 0.15) is 93.0 Å². The summed E-state index contributed by atoms with van der Waals surface area (Å²) in [6.07, 6.45) is 13.0. The largest absolute Gasteiger partial charge is 0.496 e. The highest BCUT2D eigenvalue weighted by Crippen LogP contribution is 2.62. The molecule has 2 aromatic carbocycles. The van der Waals surface area contributed by atoms with Gasteiger partial charge in [-0.2, -0.15) is 11.8 Å². The molecule has 0 aromatic heterocycles. The monoisotopic (exact) mass is 749 g/mol. The van der Waals surface area contributed by atoms with Crippen molar-refractivity contribution in [2.24, 2.45) is 22.9 Å². The Bertz CT molecular complexity index is 1610. The van der Waals surface area contributed by atoms with Crippen LogP contribution in [0.4, 0.5) is 0 Å². The Kier molecular flexibility index (Phi) is 14.0. The third-order valence-electron chi connectivity index (χ3n) is 11.0. The summed E-state index contributed by atoms with van der Waals surface area (Å²) in [5.41, 5.74) is 3.41. The van der Waals surface area contributed by atoms with Crippen LogP contribution in [0.15, 0.2) is 65.9 Å². The molecule has 7 atom stereocenters. The Morgan fingerprint density at radius 1 is 1.06 bits per heavy atom. The molecule has 2 aromatic rings. The van der Waals surface area contributed by atoms with Gasteiger partial charge in [0.05, 0.1) is 42.8 Å². The van der Waals surface area contributed by atoms with Crippen LogP contribution in [0.3, 0.4) is 0 Å². The normalized spacial score (nSPS) is 28.2. The van der Waals surface area contributed by atoms with E-state index >= 15 is 0 Å². The van der Waals surface area contributed by atoms with Gasteiger partial charge in [0.2, 0.25) is 12.1 Å². The second-order valence-corrected chi connectivity index (χ2v) is 15.7. The number of benzene rings is 2. The molecular weight excluding hydrogens is 695 g/mol. The predicted molar refractivity (Wildman–Crippen MR) is 206 cm³/mol. The van der Waals surface area contributed by atoms with Crippen molar-refractivity contribution in [2.75, 3.05) is 39.3 Å². The maximum atomic E-state index is 11.8. The van der Waals surface area contributed by atoms with Gasteiger partial charge in [0.1, 0.15) is 23.0 Å². The zero-order chi connectivity index (χ0) is 37.2. The Labute approximate surface area is 317 Å². The zero-order valence-electron chi connectivity index (χ0n) is 31.1. The van der Waals surface area contributed by atoms with E-state index in [0.717, 1.165) is 86.0 Å². The molecule has 288 valence electrons. The van der Waals surface area contributed by atoms with E-state index in [0.29, 0.717) is 48.9 Å². The fourth-order valence-corrected chi connectivity index (χ4v) is 9.83. The van der Waals surface area contributed by atoms with Crippen LogP contribution in [-0.2, 0) is 14.3 Å². The van der Waals surface area contributed by atoms with E-state index in [-0.39, 0.29) is 48.4 Å². The first kappa shape index (κ1) is 39.3. The van der Waals surface area contributed by atoms with Crippen molar-refractivity contribution < 1.29 is 43.5 Å². The molecule has 2 heterocycles. The number of unbranched alkanes of at least 4 members (excludes halogenated alkanes) is 2. The van der Waals surface area contributed by atoms with Crippen LogP contribution in [0.25, 0.3) is 0 Å². The summed E-state index contributed by atoms with van der Waals surface area (Å²) >= 11 is 1.81. The summed E-state index contributed by atoms with van der Waals surface area (Å²) in [6.45, 7) is 7.43. The highest BCUT2D eigenvalue weighted by Gasteiger charge is 2.63. The molecule has 6 rings (SSSR count). The lowest BCUT2D eigenvalue weighted by Crippen LogP contribution is -2.64.